The number of carboxylic acids is 1. The van der Waals surface area contributed by atoms with Gasteiger partial charge in [-0.3, -0.25) is 9.59 Å². The van der Waals surface area contributed by atoms with Gasteiger partial charge in [-0.2, -0.15) is 0 Å². The average molecular weight is 303 g/mol. The standard InChI is InChI=1S/C16H17NO5/c1-21-10-16(15(19)20)6-7-17(9-16)14(18)13-8-11-4-2-3-5-12(11)22-13/h2-5,8H,6-7,9-10H2,1H3,(H,19,20). The quantitative estimate of drug-likeness (QED) is 0.934. The molecule has 3 rings (SSSR count). The smallest absolute Gasteiger partial charge is 0.313 e. The van der Waals surface area contributed by atoms with Crippen LogP contribution >= 0.6 is 0 Å². The van der Waals surface area contributed by atoms with Gasteiger partial charge in [-0.1, -0.05) is 18.2 Å². The van der Waals surface area contributed by atoms with Crippen molar-refractivity contribution in [2.75, 3.05) is 26.8 Å². The molecule has 116 valence electrons. The Morgan fingerprint density at radius 3 is 2.86 bits per heavy atom. The van der Waals surface area contributed by atoms with E-state index in [0.717, 1.165) is 5.39 Å². The van der Waals surface area contributed by atoms with E-state index in [2.05, 4.69) is 0 Å². The molecule has 1 aromatic heterocycles. The first-order valence-corrected chi connectivity index (χ1v) is 7.06. The van der Waals surface area contributed by atoms with Gasteiger partial charge in [0.1, 0.15) is 11.0 Å². The number of nitrogens with zero attached hydrogens (tertiary/aromatic N) is 1. The van der Waals surface area contributed by atoms with Crippen LogP contribution in [0.25, 0.3) is 11.0 Å². The molecule has 2 heterocycles. The molecule has 22 heavy (non-hydrogen) atoms. The molecule has 1 aliphatic rings. The van der Waals surface area contributed by atoms with E-state index in [1.807, 2.05) is 18.2 Å². The fourth-order valence-corrected chi connectivity index (χ4v) is 2.92. The lowest BCUT2D eigenvalue weighted by Gasteiger charge is -2.23. The van der Waals surface area contributed by atoms with E-state index in [0.29, 0.717) is 18.5 Å². The number of aliphatic carboxylic acids is 1. The fourth-order valence-electron chi connectivity index (χ4n) is 2.92. The van der Waals surface area contributed by atoms with Gasteiger partial charge in [0.15, 0.2) is 5.76 Å². The first kappa shape index (κ1) is 14.6. The van der Waals surface area contributed by atoms with Gasteiger partial charge in [-0.15, -0.1) is 0 Å². The number of amides is 1. The number of para-hydroxylation sites is 1. The largest absolute Gasteiger partial charge is 0.481 e. The van der Waals surface area contributed by atoms with Crippen LogP contribution in [0.5, 0.6) is 0 Å². The van der Waals surface area contributed by atoms with Crippen molar-refractivity contribution in [2.45, 2.75) is 6.42 Å². The van der Waals surface area contributed by atoms with Gasteiger partial charge in [0.2, 0.25) is 0 Å². The lowest BCUT2D eigenvalue weighted by Crippen LogP contribution is -2.40. The second-order valence-electron chi connectivity index (χ2n) is 5.64. The van der Waals surface area contributed by atoms with E-state index < -0.39 is 11.4 Å². The molecule has 0 aliphatic carbocycles. The molecule has 1 N–H and O–H groups in total. The van der Waals surface area contributed by atoms with Gasteiger partial charge >= 0.3 is 5.97 Å². The highest BCUT2D eigenvalue weighted by Gasteiger charge is 2.46. The second kappa shape index (κ2) is 5.46. The summed E-state index contributed by atoms with van der Waals surface area (Å²) in [4.78, 5) is 25.6. The lowest BCUT2D eigenvalue weighted by atomic mass is 9.88. The molecule has 1 unspecified atom stereocenters. The number of carboxylic acid groups (broad SMARTS) is 1. The number of fused-ring (bicyclic) bond motifs is 1. The summed E-state index contributed by atoms with van der Waals surface area (Å²) in [5.41, 5.74) is -0.386. The van der Waals surface area contributed by atoms with E-state index in [9.17, 15) is 14.7 Å². The summed E-state index contributed by atoms with van der Waals surface area (Å²) < 4.78 is 10.6. The first-order chi connectivity index (χ1) is 10.6. The molecule has 0 bridgehead atoms. The summed E-state index contributed by atoms with van der Waals surface area (Å²) in [6, 6.07) is 9.06. The van der Waals surface area contributed by atoms with E-state index in [4.69, 9.17) is 9.15 Å². The lowest BCUT2D eigenvalue weighted by molar-refractivity contribution is -0.151. The Morgan fingerprint density at radius 1 is 1.41 bits per heavy atom. The summed E-state index contributed by atoms with van der Waals surface area (Å²) in [5, 5.41) is 10.3. The molecule has 1 amide bonds. The predicted octanol–water partition coefficient (Wildman–Crippen LogP) is 2.00. The Balaban J connectivity index is 1.82. The van der Waals surface area contributed by atoms with E-state index in [1.165, 1.54) is 12.0 Å². The first-order valence-electron chi connectivity index (χ1n) is 7.06. The normalized spacial score (nSPS) is 21.4. The van der Waals surface area contributed by atoms with Crippen LogP contribution in [0.15, 0.2) is 34.7 Å². The molecule has 1 atom stereocenters. The summed E-state index contributed by atoms with van der Waals surface area (Å²) in [7, 11) is 1.47. The van der Waals surface area contributed by atoms with Crippen molar-refractivity contribution in [3.63, 3.8) is 0 Å². The number of carbonyl (C=O) groups is 2. The molecule has 2 aromatic rings. The third kappa shape index (κ3) is 2.35. The topological polar surface area (TPSA) is 80.0 Å². The Labute approximate surface area is 127 Å². The van der Waals surface area contributed by atoms with Gasteiger partial charge in [-0.05, 0) is 18.6 Å². The number of rotatable bonds is 4. The highest BCUT2D eigenvalue weighted by Crippen LogP contribution is 2.32. The van der Waals surface area contributed by atoms with Crippen LogP contribution in [0.4, 0.5) is 0 Å². The Kier molecular flexibility index (Phi) is 3.62. The maximum absolute atomic E-state index is 12.5. The number of benzene rings is 1. The van der Waals surface area contributed by atoms with Crippen LogP contribution in [-0.2, 0) is 9.53 Å². The van der Waals surface area contributed by atoms with Crippen molar-refractivity contribution in [3.05, 3.63) is 36.1 Å². The van der Waals surface area contributed by atoms with Crippen LogP contribution in [0, 0.1) is 5.41 Å². The summed E-state index contributed by atoms with van der Waals surface area (Å²) in [5.74, 6) is -0.982. The van der Waals surface area contributed by atoms with Gasteiger partial charge in [0.25, 0.3) is 5.91 Å². The van der Waals surface area contributed by atoms with Gasteiger partial charge in [0, 0.05) is 25.6 Å². The summed E-state index contributed by atoms with van der Waals surface area (Å²) in [6.45, 7) is 0.601. The van der Waals surface area contributed by atoms with Crippen molar-refractivity contribution in [1.29, 1.82) is 0 Å². The third-order valence-corrected chi connectivity index (χ3v) is 4.15. The number of carbonyl (C=O) groups excluding carboxylic acids is 1. The molecule has 6 nitrogen and oxygen atoms in total. The van der Waals surface area contributed by atoms with Crippen molar-refractivity contribution in [2.24, 2.45) is 5.41 Å². The number of hydrogen-bond donors (Lipinski definition) is 1. The predicted molar refractivity (Wildman–Crippen MR) is 78.7 cm³/mol. The highest BCUT2D eigenvalue weighted by molar-refractivity contribution is 5.96. The number of methoxy groups -OCH3 is 1. The minimum absolute atomic E-state index is 0.0895. The molecule has 0 saturated carbocycles. The van der Waals surface area contributed by atoms with Gasteiger partial charge < -0.3 is 19.2 Å². The second-order valence-corrected chi connectivity index (χ2v) is 5.64. The minimum atomic E-state index is -1.03. The number of ether oxygens (including phenoxy) is 1. The summed E-state index contributed by atoms with van der Waals surface area (Å²) in [6.07, 6.45) is 0.377. The molecular weight excluding hydrogens is 286 g/mol. The zero-order valence-corrected chi connectivity index (χ0v) is 12.2. The highest BCUT2D eigenvalue weighted by atomic mass is 16.5. The molecule has 0 spiro atoms. The van der Waals surface area contributed by atoms with Crippen LogP contribution in [0.1, 0.15) is 17.0 Å². The maximum Gasteiger partial charge on any atom is 0.313 e. The van der Waals surface area contributed by atoms with Crippen LogP contribution < -0.4 is 0 Å². The average Bonchev–Trinajstić information content (AvgIpc) is 3.11. The fraction of sp³-hybridized carbons (Fsp3) is 0.375. The molecule has 1 aliphatic heterocycles. The van der Waals surface area contributed by atoms with Crippen molar-refractivity contribution >= 4 is 22.8 Å². The SMILES string of the molecule is COCC1(C(=O)O)CCN(C(=O)c2cc3ccccc3o2)C1. The minimum Gasteiger partial charge on any atom is -0.481 e. The van der Waals surface area contributed by atoms with Crippen LogP contribution in [0.2, 0.25) is 0 Å². The number of furan rings is 1. The van der Waals surface area contributed by atoms with E-state index >= 15 is 0 Å². The van der Waals surface area contributed by atoms with Gasteiger partial charge in [0.05, 0.1) is 6.61 Å². The monoisotopic (exact) mass is 303 g/mol. The zero-order chi connectivity index (χ0) is 15.7. The van der Waals surface area contributed by atoms with Crippen molar-refractivity contribution < 1.29 is 23.8 Å². The van der Waals surface area contributed by atoms with Crippen molar-refractivity contribution in [3.8, 4) is 0 Å². The number of hydrogen-bond acceptors (Lipinski definition) is 4. The molecule has 6 heteroatoms. The molecule has 1 fully saturated rings. The Morgan fingerprint density at radius 2 is 2.18 bits per heavy atom. The zero-order valence-electron chi connectivity index (χ0n) is 12.2. The molecule has 1 aromatic carbocycles. The van der Waals surface area contributed by atoms with E-state index in [-0.39, 0.29) is 24.8 Å². The molecular formula is C16H17NO5. The van der Waals surface area contributed by atoms with E-state index in [1.54, 1.807) is 12.1 Å². The van der Waals surface area contributed by atoms with Gasteiger partial charge in [-0.25, -0.2) is 0 Å². The van der Waals surface area contributed by atoms with Crippen molar-refractivity contribution in [1.82, 2.24) is 4.90 Å². The maximum atomic E-state index is 12.5. The van der Waals surface area contributed by atoms with Crippen LogP contribution in [0.3, 0.4) is 0 Å². The Hall–Kier alpha value is -2.34. The molecule has 0 radical (unpaired) electrons. The number of likely N-dealkylation sites (tertiary alicyclic amines) is 1. The third-order valence-electron chi connectivity index (χ3n) is 4.15. The van der Waals surface area contributed by atoms with Crippen LogP contribution in [-0.4, -0.2) is 48.7 Å². The summed E-state index contributed by atoms with van der Waals surface area (Å²) >= 11 is 0. The molecule has 1 saturated heterocycles. The Bertz CT molecular complexity index is 689.